The first kappa shape index (κ1) is 25.2. The minimum Gasteiger partial charge on any atom is -0.505 e. The summed E-state index contributed by atoms with van der Waals surface area (Å²) in [5.74, 6) is 0.0745. The van der Waals surface area contributed by atoms with Gasteiger partial charge in [-0.2, -0.15) is 0 Å². The van der Waals surface area contributed by atoms with Crippen LogP contribution in [-0.2, 0) is 9.59 Å². The highest BCUT2D eigenvalue weighted by Crippen LogP contribution is 2.38. The fourth-order valence-corrected chi connectivity index (χ4v) is 4.82. The number of rotatable bonds is 9. The first-order valence-corrected chi connectivity index (χ1v) is 12.2. The number of aliphatic imine (C=N–C) groups is 1. The number of halogens is 2. The molecule has 10 heteroatoms. The standard InChI is InChI=1S/C23H25Cl2N3O4S/c1-3-5-10-28-22(31)19(13-20(29)26-14-6-8-16(9-7-14)32-4-2)33-23(28)27-15-11-17(24)21(30)18(25)12-15/h6-9,11-12,19,30H,3-5,10,13H2,1-2H3,(H,26,29). The average Bonchev–Trinajstić information content (AvgIpc) is 3.05. The highest BCUT2D eigenvalue weighted by atomic mass is 35.5. The summed E-state index contributed by atoms with van der Waals surface area (Å²) in [6, 6.07) is 10.0. The van der Waals surface area contributed by atoms with Crippen molar-refractivity contribution in [2.45, 2.75) is 38.4 Å². The summed E-state index contributed by atoms with van der Waals surface area (Å²) in [6.45, 7) is 5.00. The summed E-state index contributed by atoms with van der Waals surface area (Å²) < 4.78 is 5.40. The second kappa shape index (κ2) is 11.6. The van der Waals surface area contributed by atoms with Crippen molar-refractivity contribution < 1.29 is 19.4 Å². The van der Waals surface area contributed by atoms with Gasteiger partial charge in [0.1, 0.15) is 11.0 Å². The quantitative estimate of drug-likeness (QED) is 0.441. The number of thioether (sulfide) groups is 1. The van der Waals surface area contributed by atoms with E-state index in [9.17, 15) is 14.7 Å². The monoisotopic (exact) mass is 509 g/mol. The van der Waals surface area contributed by atoms with E-state index in [0.717, 1.165) is 18.6 Å². The van der Waals surface area contributed by atoms with Gasteiger partial charge in [-0.05, 0) is 49.7 Å². The second-order valence-electron chi connectivity index (χ2n) is 7.31. The van der Waals surface area contributed by atoms with Crippen molar-refractivity contribution in [1.29, 1.82) is 0 Å². The zero-order valence-corrected chi connectivity index (χ0v) is 20.6. The van der Waals surface area contributed by atoms with Crippen molar-refractivity contribution in [3.8, 4) is 11.5 Å². The van der Waals surface area contributed by atoms with Crippen LogP contribution >= 0.6 is 35.0 Å². The van der Waals surface area contributed by atoms with Gasteiger partial charge in [0.25, 0.3) is 0 Å². The van der Waals surface area contributed by atoms with Crippen molar-refractivity contribution in [3.63, 3.8) is 0 Å². The molecular weight excluding hydrogens is 485 g/mol. The number of benzene rings is 2. The van der Waals surface area contributed by atoms with Gasteiger partial charge in [0, 0.05) is 18.7 Å². The molecule has 1 unspecified atom stereocenters. The number of amides is 2. The van der Waals surface area contributed by atoms with Gasteiger partial charge in [0.15, 0.2) is 10.9 Å². The molecule has 0 aromatic heterocycles. The molecule has 3 rings (SSSR count). The molecule has 2 aromatic carbocycles. The van der Waals surface area contributed by atoms with Crippen LogP contribution in [0.15, 0.2) is 41.4 Å². The van der Waals surface area contributed by atoms with Crippen LogP contribution in [0.2, 0.25) is 10.0 Å². The molecule has 1 saturated heterocycles. The minimum atomic E-state index is -0.591. The van der Waals surface area contributed by atoms with E-state index < -0.39 is 5.25 Å². The van der Waals surface area contributed by atoms with Crippen LogP contribution in [-0.4, -0.2) is 45.4 Å². The summed E-state index contributed by atoms with van der Waals surface area (Å²) >= 11 is 13.2. The molecule has 0 saturated carbocycles. The van der Waals surface area contributed by atoms with Crippen LogP contribution in [0.1, 0.15) is 33.1 Å². The number of carbonyl (C=O) groups excluding carboxylic acids is 2. The molecule has 0 radical (unpaired) electrons. The number of aromatic hydroxyl groups is 1. The largest absolute Gasteiger partial charge is 0.505 e. The molecule has 0 bridgehead atoms. The number of unbranched alkanes of at least 4 members (excludes halogenated alkanes) is 1. The maximum absolute atomic E-state index is 13.0. The van der Waals surface area contributed by atoms with Gasteiger partial charge in [-0.3, -0.25) is 14.5 Å². The summed E-state index contributed by atoms with van der Waals surface area (Å²) in [7, 11) is 0. The maximum atomic E-state index is 13.0. The zero-order valence-electron chi connectivity index (χ0n) is 18.3. The van der Waals surface area contributed by atoms with Gasteiger partial charge in [-0.25, -0.2) is 4.99 Å². The van der Waals surface area contributed by atoms with E-state index in [-0.39, 0.29) is 34.0 Å². The molecule has 0 spiro atoms. The number of nitrogens with one attached hydrogen (secondary N) is 1. The highest BCUT2D eigenvalue weighted by molar-refractivity contribution is 8.15. The van der Waals surface area contributed by atoms with Crippen LogP contribution in [0, 0.1) is 0 Å². The van der Waals surface area contributed by atoms with Crippen molar-refractivity contribution in [2.24, 2.45) is 4.99 Å². The Labute approximate surface area is 207 Å². The van der Waals surface area contributed by atoms with Gasteiger partial charge in [-0.15, -0.1) is 0 Å². The number of amidine groups is 1. The first-order valence-electron chi connectivity index (χ1n) is 10.6. The minimum absolute atomic E-state index is 0.00937. The lowest BCUT2D eigenvalue weighted by molar-refractivity contribution is -0.128. The molecule has 1 aliphatic heterocycles. The Balaban J connectivity index is 1.73. The number of ether oxygens (including phenoxy) is 1. The smallest absolute Gasteiger partial charge is 0.242 e. The molecule has 176 valence electrons. The molecule has 1 atom stereocenters. The third-order valence-corrected chi connectivity index (χ3v) is 6.55. The maximum Gasteiger partial charge on any atom is 0.242 e. The van der Waals surface area contributed by atoms with Gasteiger partial charge in [-0.1, -0.05) is 48.3 Å². The Kier molecular flexibility index (Phi) is 8.88. The van der Waals surface area contributed by atoms with E-state index in [2.05, 4.69) is 10.3 Å². The summed E-state index contributed by atoms with van der Waals surface area (Å²) in [6.07, 6.45) is 1.71. The number of phenolic OH excluding ortho intramolecular Hbond substituents is 1. The van der Waals surface area contributed by atoms with Crippen LogP contribution in [0.25, 0.3) is 0 Å². The molecule has 1 heterocycles. The van der Waals surface area contributed by atoms with E-state index in [1.807, 2.05) is 13.8 Å². The molecule has 7 nitrogen and oxygen atoms in total. The summed E-state index contributed by atoms with van der Waals surface area (Å²) in [4.78, 5) is 31.8. The van der Waals surface area contributed by atoms with Crippen molar-refractivity contribution >= 4 is 63.3 Å². The number of hydrogen-bond acceptors (Lipinski definition) is 6. The van der Waals surface area contributed by atoms with E-state index in [0.29, 0.717) is 29.7 Å². The van der Waals surface area contributed by atoms with Gasteiger partial charge in [0.05, 0.1) is 22.3 Å². The van der Waals surface area contributed by atoms with Crippen LogP contribution < -0.4 is 10.1 Å². The normalized spacial score (nSPS) is 17.0. The van der Waals surface area contributed by atoms with Crippen molar-refractivity contribution in [3.05, 3.63) is 46.4 Å². The number of hydrogen-bond donors (Lipinski definition) is 2. The second-order valence-corrected chi connectivity index (χ2v) is 9.30. The zero-order chi connectivity index (χ0) is 24.0. The topological polar surface area (TPSA) is 91.2 Å². The molecule has 1 fully saturated rings. The Morgan fingerprint density at radius 1 is 1.21 bits per heavy atom. The molecule has 2 amide bonds. The van der Waals surface area contributed by atoms with Crippen LogP contribution in [0.5, 0.6) is 11.5 Å². The Morgan fingerprint density at radius 3 is 2.48 bits per heavy atom. The third-order valence-electron chi connectivity index (χ3n) is 4.80. The SMILES string of the molecule is CCCCN1C(=O)C(CC(=O)Nc2ccc(OCC)cc2)SC1=Nc1cc(Cl)c(O)c(Cl)c1. The van der Waals surface area contributed by atoms with Gasteiger partial charge < -0.3 is 15.2 Å². The van der Waals surface area contributed by atoms with Crippen LogP contribution in [0.4, 0.5) is 11.4 Å². The van der Waals surface area contributed by atoms with Crippen molar-refractivity contribution in [2.75, 3.05) is 18.5 Å². The molecule has 1 aliphatic rings. The molecule has 2 N–H and O–H groups in total. The van der Waals surface area contributed by atoms with Crippen LogP contribution in [0.3, 0.4) is 0 Å². The van der Waals surface area contributed by atoms with E-state index in [4.69, 9.17) is 27.9 Å². The van der Waals surface area contributed by atoms with E-state index in [1.54, 1.807) is 29.2 Å². The number of anilines is 1. The third kappa shape index (κ3) is 6.56. The molecular formula is C23H25Cl2N3O4S. The van der Waals surface area contributed by atoms with E-state index >= 15 is 0 Å². The van der Waals surface area contributed by atoms with E-state index in [1.165, 1.54) is 23.9 Å². The summed E-state index contributed by atoms with van der Waals surface area (Å²) in [5, 5.41) is 12.6. The predicted octanol–water partition coefficient (Wildman–Crippen LogP) is 5.86. The fraction of sp³-hybridized carbons (Fsp3) is 0.348. The number of phenols is 1. The Morgan fingerprint density at radius 2 is 1.88 bits per heavy atom. The highest BCUT2D eigenvalue weighted by Gasteiger charge is 2.38. The lowest BCUT2D eigenvalue weighted by Crippen LogP contribution is -2.34. The predicted molar refractivity (Wildman–Crippen MR) is 134 cm³/mol. The average molecular weight is 510 g/mol. The van der Waals surface area contributed by atoms with Crippen molar-refractivity contribution in [1.82, 2.24) is 4.90 Å². The van der Waals surface area contributed by atoms with Gasteiger partial charge >= 0.3 is 0 Å². The summed E-state index contributed by atoms with van der Waals surface area (Å²) in [5.41, 5.74) is 1.04. The lowest BCUT2D eigenvalue weighted by Gasteiger charge is -2.16. The number of carbonyl (C=O) groups is 2. The molecule has 0 aliphatic carbocycles. The molecule has 33 heavy (non-hydrogen) atoms. The Bertz CT molecular complexity index is 1020. The first-order chi connectivity index (χ1) is 15.8. The number of nitrogens with zero attached hydrogens (tertiary/aromatic N) is 2. The molecule has 2 aromatic rings. The Hall–Kier alpha value is -2.42. The fourth-order valence-electron chi connectivity index (χ4n) is 3.16. The lowest BCUT2D eigenvalue weighted by atomic mass is 10.2. The van der Waals surface area contributed by atoms with Gasteiger partial charge in [0.2, 0.25) is 11.8 Å².